The molecule has 1 atom stereocenters. The number of nitrogens with zero attached hydrogens (tertiary/aromatic N) is 1. The summed E-state index contributed by atoms with van der Waals surface area (Å²) < 4.78 is 10.6. The first kappa shape index (κ1) is 29.2. The Morgan fingerprint density at radius 3 is 2.14 bits per heavy atom. The van der Waals surface area contributed by atoms with Crippen LogP contribution in [0.1, 0.15) is 43.4 Å². The molecular weight excluding hydrogens is 476 g/mol. The first-order chi connectivity index (χ1) is 17.7. The largest absolute Gasteiger partial charge is 0.449 e. The first-order valence-electron chi connectivity index (χ1n) is 12.2. The first-order valence-corrected chi connectivity index (χ1v) is 12.2. The van der Waals surface area contributed by atoms with Crippen LogP contribution in [0.25, 0.3) is 0 Å². The molecule has 0 spiro atoms. The number of hydrogen-bond acceptors (Lipinski definition) is 6. The van der Waals surface area contributed by atoms with E-state index >= 15 is 0 Å². The Hall–Kier alpha value is -4.08. The van der Waals surface area contributed by atoms with Crippen molar-refractivity contribution in [1.82, 2.24) is 10.2 Å². The minimum atomic E-state index is -0.952. The van der Waals surface area contributed by atoms with Crippen molar-refractivity contribution < 1.29 is 28.7 Å². The summed E-state index contributed by atoms with van der Waals surface area (Å²) in [6.07, 6.45) is -0.548. The van der Waals surface area contributed by atoms with E-state index in [0.717, 1.165) is 16.7 Å². The maximum absolute atomic E-state index is 12.9. The number of benzene rings is 2. The fourth-order valence-corrected chi connectivity index (χ4v) is 3.49. The highest BCUT2D eigenvalue weighted by atomic mass is 16.6. The lowest BCUT2D eigenvalue weighted by Crippen LogP contribution is -2.48. The highest BCUT2D eigenvalue weighted by molar-refractivity contribution is 5.84. The summed E-state index contributed by atoms with van der Waals surface area (Å²) in [5, 5.41) is 2.64. The van der Waals surface area contributed by atoms with Crippen LogP contribution in [0.3, 0.4) is 0 Å². The molecule has 0 saturated heterocycles. The van der Waals surface area contributed by atoms with Crippen LogP contribution >= 0.6 is 0 Å². The van der Waals surface area contributed by atoms with Crippen LogP contribution in [0.15, 0.2) is 54.6 Å². The molecule has 0 aliphatic rings. The van der Waals surface area contributed by atoms with E-state index in [2.05, 4.69) is 5.32 Å². The van der Waals surface area contributed by atoms with E-state index < -0.39 is 30.0 Å². The quantitative estimate of drug-likeness (QED) is 0.331. The van der Waals surface area contributed by atoms with Gasteiger partial charge in [-0.15, -0.1) is 0 Å². The van der Waals surface area contributed by atoms with Gasteiger partial charge in [-0.2, -0.15) is 0 Å². The van der Waals surface area contributed by atoms with Gasteiger partial charge >= 0.3 is 12.2 Å². The monoisotopic (exact) mass is 512 g/mol. The molecule has 2 aromatic rings. The Morgan fingerprint density at radius 2 is 1.54 bits per heavy atom. The van der Waals surface area contributed by atoms with Crippen molar-refractivity contribution in [2.45, 2.75) is 52.3 Å². The van der Waals surface area contributed by atoms with E-state index in [1.165, 1.54) is 4.90 Å². The molecule has 0 bridgehead atoms. The van der Waals surface area contributed by atoms with Crippen LogP contribution in [0, 0.1) is 5.92 Å². The zero-order chi connectivity index (χ0) is 27.2. The summed E-state index contributed by atoms with van der Waals surface area (Å²) in [5.41, 5.74) is 13.2. The van der Waals surface area contributed by atoms with Crippen molar-refractivity contribution in [3.05, 3.63) is 71.3 Å². The second-order valence-electron chi connectivity index (χ2n) is 9.11. The van der Waals surface area contributed by atoms with Crippen LogP contribution < -0.4 is 16.8 Å². The normalized spacial score (nSPS) is 11.4. The number of ether oxygens (including phenoxy) is 2. The average Bonchev–Trinajstić information content (AvgIpc) is 2.86. The van der Waals surface area contributed by atoms with Crippen LogP contribution in [-0.2, 0) is 38.6 Å². The average molecular weight is 513 g/mol. The lowest BCUT2D eigenvalue weighted by Gasteiger charge is -2.29. The Labute approximate surface area is 217 Å². The summed E-state index contributed by atoms with van der Waals surface area (Å²) in [5.74, 6) is -1.02. The second-order valence-corrected chi connectivity index (χ2v) is 9.11. The van der Waals surface area contributed by atoms with Gasteiger partial charge in [0, 0.05) is 13.1 Å². The third kappa shape index (κ3) is 11.0. The highest BCUT2D eigenvalue weighted by Gasteiger charge is 2.29. The number of amides is 4. The van der Waals surface area contributed by atoms with E-state index in [4.69, 9.17) is 20.9 Å². The Kier molecular flexibility index (Phi) is 11.9. The second kappa shape index (κ2) is 15.1. The van der Waals surface area contributed by atoms with Gasteiger partial charge in [-0.05, 0) is 35.4 Å². The number of primary amides is 2. The van der Waals surface area contributed by atoms with E-state index in [0.29, 0.717) is 6.42 Å². The van der Waals surface area contributed by atoms with Gasteiger partial charge in [-0.3, -0.25) is 14.5 Å². The molecular formula is C27H36N4O6. The number of nitrogens with two attached hydrogens (primary N) is 2. The lowest BCUT2D eigenvalue weighted by molar-refractivity contribution is -0.123. The molecule has 0 aromatic heterocycles. The summed E-state index contributed by atoms with van der Waals surface area (Å²) >= 11 is 0. The van der Waals surface area contributed by atoms with Gasteiger partial charge in [-0.25, -0.2) is 9.59 Å². The molecule has 5 N–H and O–H groups in total. The van der Waals surface area contributed by atoms with Gasteiger partial charge in [0.25, 0.3) is 0 Å². The van der Waals surface area contributed by atoms with Crippen LogP contribution in [0.2, 0.25) is 0 Å². The van der Waals surface area contributed by atoms with E-state index in [9.17, 15) is 19.2 Å². The van der Waals surface area contributed by atoms with Crippen LogP contribution in [0.5, 0.6) is 0 Å². The summed E-state index contributed by atoms with van der Waals surface area (Å²) in [6.45, 7) is 4.45. The summed E-state index contributed by atoms with van der Waals surface area (Å²) in [4.78, 5) is 49.7. The molecule has 0 saturated carbocycles. The molecule has 37 heavy (non-hydrogen) atoms. The van der Waals surface area contributed by atoms with Crippen molar-refractivity contribution >= 4 is 24.0 Å². The topological polar surface area (TPSA) is 154 Å². The van der Waals surface area contributed by atoms with Gasteiger partial charge in [0.2, 0.25) is 11.8 Å². The van der Waals surface area contributed by atoms with Crippen molar-refractivity contribution in [3.63, 3.8) is 0 Å². The predicted molar refractivity (Wildman–Crippen MR) is 138 cm³/mol. The van der Waals surface area contributed by atoms with Crippen LogP contribution in [0.4, 0.5) is 9.59 Å². The molecule has 0 heterocycles. The molecule has 10 heteroatoms. The number of alkyl carbamates (subject to hydrolysis) is 1. The summed E-state index contributed by atoms with van der Waals surface area (Å²) in [6, 6.07) is 15.3. The van der Waals surface area contributed by atoms with Crippen molar-refractivity contribution in [1.29, 1.82) is 0 Å². The number of rotatable bonds is 14. The zero-order valence-electron chi connectivity index (χ0n) is 21.4. The molecule has 2 rings (SSSR count). The number of carbonyl (C=O) groups excluding carboxylic acids is 4. The van der Waals surface area contributed by atoms with E-state index in [1.807, 2.05) is 44.2 Å². The van der Waals surface area contributed by atoms with E-state index in [-0.39, 0.29) is 45.1 Å². The number of hydrogen-bond donors (Lipinski definition) is 3. The van der Waals surface area contributed by atoms with Crippen molar-refractivity contribution in [2.24, 2.45) is 17.4 Å². The van der Waals surface area contributed by atoms with Gasteiger partial charge in [0.05, 0.1) is 13.0 Å². The standard InChI is InChI=1S/C27H36N4O6/c1-19(2)17-37-27(35)31(16-21-12-10-20(11-13-21)15-24(28)32)23(25(29)33)9-6-14-30-26(34)36-18-22-7-4-3-5-8-22/h3-5,7-8,10-13,19,23H,6,9,14-18H2,1-2H3,(H2,28,32)(H2,29,33)(H,30,34)/t23-/m1/s1. The maximum atomic E-state index is 12.9. The Morgan fingerprint density at radius 1 is 0.892 bits per heavy atom. The molecule has 4 amide bonds. The number of carbonyl (C=O) groups is 4. The van der Waals surface area contributed by atoms with Crippen molar-refractivity contribution in [2.75, 3.05) is 13.2 Å². The highest BCUT2D eigenvalue weighted by Crippen LogP contribution is 2.16. The molecule has 0 fully saturated rings. The molecule has 0 radical (unpaired) electrons. The van der Waals surface area contributed by atoms with Gasteiger partial charge < -0.3 is 26.3 Å². The predicted octanol–water partition coefficient (Wildman–Crippen LogP) is 2.87. The molecule has 2 aromatic carbocycles. The SMILES string of the molecule is CC(C)COC(=O)N(Cc1ccc(CC(N)=O)cc1)[C@H](CCCNC(=O)OCc1ccccc1)C(N)=O. The van der Waals surface area contributed by atoms with Crippen LogP contribution in [-0.4, -0.2) is 48.1 Å². The van der Waals surface area contributed by atoms with Gasteiger partial charge in [0.1, 0.15) is 12.6 Å². The molecule has 0 unspecified atom stereocenters. The minimum Gasteiger partial charge on any atom is -0.449 e. The fourth-order valence-electron chi connectivity index (χ4n) is 3.49. The lowest BCUT2D eigenvalue weighted by atomic mass is 10.1. The molecule has 10 nitrogen and oxygen atoms in total. The smallest absolute Gasteiger partial charge is 0.410 e. The Balaban J connectivity index is 1.99. The molecule has 200 valence electrons. The molecule has 0 aliphatic heterocycles. The summed E-state index contributed by atoms with van der Waals surface area (Å²) in [7, 11) is 0. The van der Waals surface area contributed by atoms with Gasteiger partial charge in [-0.1, -0.05) is 68.4 Å². The third-order valence-corrected chi connectivity index (χ3v) is 5.37. The zero-order valence-corrected chi connectivity index (χ0v) is 21.4. The molecule has 0 aliphatic carbocycles. The number of nitrogens with one attached hydrogen (secondary N) is 1. The minimum absolute atomic E-state index is 0.0773. The van der Waals surface area contributed by atoms with Gasteiger partial charge in [0.15, 0.2) is 0 Å². The van der Waals surface area contributed by atoms with E-state index in [1.54, 1.807) is 24.3 Å². The fraction of sp³-hybridized carbons (Fsp3) is 0.407. The van der Waals surface area contributed by atoms with Crippen molar-refractivity contribution in [3.8, 4) is 0 Å². The maximum Gasteiger partial charge on any atom is 0.410 e. The third-order valence-electron chi connectivity index (χ3n) is 5.37. The Bertz CT molecular complexity index is 1030.